The molecule has 0 aliphatic heterocycles. The zero-order valence-corrected chi connectivity index (χ0v) is 7.12. The number of rotatable bonds is 0. The van der Waals surface area contributed by atoms with E-state index in [1.54, 1.807) is 0 Å². The number of hydrogen-bond acceptors (Lipinski definition) is 0. The maximum atomic E-state index is 3.21. The molecular formula is C12H9N. The van der Waals surface area contributed by atoms with Crippen LogP contribution in [0, 0.1) is 0 Å². The molecule has 62 valence electrons. The molecule has 0 amide bonds. The van der Waals surface area contributed by atoms with Gasteiger partial charge >= 0.3 is 0 Å². The van der Waals surface area contributed by atoms with Gasteiger partial charge in [-0.1, -0.05) is 30.3 Å². The van der Waals surface area contributed by atoms with Crippen molar-refractivity contribution >= 4 is 21.7 Å². The van der Waals surface area contributed by atoms with Crippen LogP contribution in [0.1, 0.15) is 0 Å². The minimum absolute atomic E-state index is 1.21. The predicted molar refractivity (Wildman–Crippen MR) is 55.8 cm³/mol. The van der Waals surface area contributed by atoms with E-state index in [2.05, 4.69) is 47.4 Å². The third-order valence-corrected chi connectivity index (χ3v) is 2.46. The van der Waals surface area contributed by atoms with Gasteiger partial charge in [0.1, 0.15) is 0 Å². The molecule has 0 saturated carbocycles. The highest BCUT2D eigenvalue weighted by molar-refractivity contribution is 6.06. The van der Waals surface area contributed by atoms with Crippen LogP contribution < -0.4 is 0 Å². The normalized spacial score (nSPS) is 11.1. The lowest BCUT2D eigenvalue weighted by Gasteiger charge is -1.97. The Balaban J connectivity index is 2.65. The fourth-order valence-corrected chi connectivity index (χ4v) is 1.82. The number of benzene rings is 2. The van der Waals surface area contributed by atoms with E-state index in [1.807, 2.05) is 6.20 Å². The van der Waals surface area contributed by atoms with Gasteiger partial charge in [0.2, 0.25) is 0 Å². The third-order valence-electron chi connectivity index (χ3n) is 2.46. The topological polar surface area (TPSA) is 15.8 Å². The van der Waals surface area contributed by atoms with Crippen molar-refractivity contribution in [1.82, 2.24) is 4.98 Å². The average Bonchev–Trinajstić information content (AvgIpc) is 2.65. The van der Waals surface area contributed by atoms with Crippen LogP contribution in [0.3, 0.4) is 0 Å². The number of H-pyrrole nitrogens is 1. The van der Waals surface area contributed by atoms with Gasteiger partial charge in [-0.3, -0.25) is 0 Å². The lowest BCUT2D eigenvalue weighted by Crippen LogP contribution is -1.72. The zero-order chi connectivity index (χ0) is 8.67. The Bertz CT molecular complexity index is 563. The number of fused-ring (bicyclic) bond motifs is 3. The second-order valence-corrected chi connectivity index (χ2v) is 3.23. The van der Waals surface area contributed by atoms with Gasteiger partial charge in [0.05, 0.1) is 0 Å². The maximum absolute atomic E-state index is 3.21. The highest BCUT2D eigenvalue weighted by Gasteiger charge is 1.98. The van der Waals surface area contributed by atoms with Crippen molar-refractivity contribution < 1.29 is 0 Å². The molecule has 0 bridgehead atoms. The molecule has 0 saturated heterocycles. The summed E-state index contributed by atoms with van der Waals surface area (Å²) >= 11 is 0. The molecule has 0 radical (unpaired) electrons. The second kappa shape index (κ2) is 2.36. The Kier molecular flexibility index (Phi) is 1.22. The molecule has 3 rings (SSSR count). The molecule has 3 aromatic rings. The number of hydrogen-bond donors (Lipinski definition) is 1. The van der Waals surface area contributed by atoms with Gasteiger partial charge in [-0.2, -0.15) is 0 Å². The Morgan fingerprint density at radius 1 is 0.769 bits per heavy atom. The van der Waals surface area contributed by atoms with E-state index in [0.29, 0.717) is 0 Å². The van der Waals surface area contributed by atoms with Crippen LogP contribution in [-0.2, 0) is 0 Å². The van der Waals surface area contributed by atoms with Gasteiger partial charge in [0.15, 0.2) is 0 Å². The van der Waals surface area contributed by atoms with Crippen LogP contribution >= 0.6 is 0 Å². The van der Waals surface area contributed by atoms with Crippen LogP contribution in [-0.4, -0.2) is 4.98 Å². The first kappa shape index (κ1) is 6.72. The highest BCUT2D eigenvalue weighted by atomic mass is 14.7. The molecule has 0 aliphatic rings. The summed E-state index contributed by atoms with van der Waals surface area (Å²) in [5.74, 6) is 0. The summed E-state index contributed by atoms with van der Waals surface area (Å²) in [5.41, 5.74) is 1.21. The average molecular weight is 167 g/mol. The Morgan fingerprint density at radius 3 is 2.69 bits per heavy atom. The number of nitrogens with one attached hydrogen (secondary N) is 1. The van der Waals surface area contributed by atoms with E-state index in [4.69, 9.17) is 0 Å². The second-order valence-electron chi connectivity index (χ2n) is 3.23. The third kappa shape index (κ3) is 0.872. The monoisotopic (exact) mass is 167 g/mol. The van der Waals surface area contributed by atoms with Gasteiger partial charge < -0.3 is 4.98 Å². The molecule has 1 nitrogen and oxygen atoms in total. The molecule has 0 aliphatic carbocycles. The van der Waals surface area contributed by atoms with Crippen LogP contribution in [0.4, 0.5) is 0 Å². The Labute approximate surface area is 76.0 Å². The fraction of sp³-hybridized carbons (Fsp3) is 0. The minimum Gasteiger partial charge on any atom is -0.361 e. The summed E-state index contributed by atoms with van der Waals surface area (Å²) in [6.07, 6.45) is 1.98. The van der Waals surface area contributed by atoms with Crippen molar-refractivity contribution in [3.05, 3.63) is 48.7 Å². The van der Waals surface area contributed by atoms with Crippen molar-refractivity contribution in [3.8, 4) is 0 Å². The van der Waals surface area contributed by atoms with E-state index >= 15 is 0 Å². The molecule has 2 aromatic carbocycles. The first-order chi connectivity index (χ1) is 6.45. The molecule has 0 unspecified atom stereocenters. The van der Waals surface area contributed by atoms with Crippen molar-refractivity contribution in [3.63, 3.8) is 0 Å². The van der Waals surface area contributed by atoms with Gasteiger partial charge in [-0.15, -0.1) is 0 Å². The molecule has 1 N–H and O–H groups in total. The van der Waals surface area contributed by atoms with Crippen LogP contribution in [0.25, 0.3) is 21.7 Å². The van der Waals surface area contributed by atoms with Crippen molar-refractivity contribution in [2.75, 3.05) is 0 Å². The van der Waals surface area contributed by atoms with Crippen molar-refractivity contribution in [2.24, 2.45) is 0 Å². The summed E-state index contributed by atoms with van der Waals surface area (Å²) in [6, 6.07) is 14.8. The van der Waals surface area contributed by atoms with Gasteiger partial charge in [0, 0.05) is 17.1 Å². The zero-order valence-electron chi connectivity index (χ0n) is 7.12. The smallest absolute Gasteiger partial charge is 0.0460 e. The van der Waals surface area contributed by atoms with E-state index < -0.39 is 0 Å². The minimum atomic E-state index is 1.21. The SMILES string of the molecule is c1ccc2c(c1)ccc1[nH]ccc12. The van der Waals surface area contributed by atoms with E-state index in [9.17, 15) is 0 Å². The number of aromatic amines is 1. The van der Waals surface area contributed by atoms with Crippen LogP contribution in [0.2, 0.25) is 0 Å². The Morgan fingerprint density at radius 2 is 1.69 bits per heavy atom. The van der Waals surface area contributed by atoms with E-state index in [0.717, 1.165) is 0 Å². The van der Waals surface area contributed by atoms with Gasteiger partial charge in [-0.05, 0) is 22.9 Å². The lowest BCUT2D eigenvalue weighted by molar-refractivity contribution is 1.48. The van der Waals surface area contributed by atoms with Crippen LogP contribution in [0.5, 0.6) is 0 Å². The van der Waals surface area contributed by atoms with E-state index in [-0.39, 0.29) is 0 Å². The molecule has 0 spiro atoms. The highest BCUT2D eigenvalue weighted by Crippen LogP contribution is 2.23. The van der Waals surface area contributed by atoms with Crippen molar-refractivity contribution in [1.29, 1.82) is 0 Å². The predicted octanol–water partition coefficient (Wildman–Crippen LogP) is 3.32. The first-order valence-electron chi connectivity index (χ1n) is 4.40. The summed E-state index contributed by atoms with van der Waals surface area (Å²) in [5, 5.41) is 3.92. The molecule has 1 aromatic heterocycles. The molecule has 0 atom stereocenters. The molecule has 1 heterocycles. The first-order valence-corrected chi connectivity index (χ1v) is 4.40. The number of aromatic nitrogens is 1. The standard InChI is InChI=1S/C12H9N/c1-2-4-10-9(3-1)5-6-12-11(10)7-8-13-12/h1-8,13H. The summed E-state index contributed by atoms with van der Waals surface area (Å²) in [7, 11) is 0. The quantitative estimate of drug-likeness (QED) is 0.528. The lowest BCUT2D eigenvalue weighted by atomic mass is 10.1. The largest absolute Gasteiger partial charge is 0.361 e. The molecule has 13 heavy (non-hydrogen) atoms. The fourth-order valence-electron chi connectivity index (χ4n) is 1.82. The summed E-state index contributed by atoms with van der Waals surface area (Å²) in [6.45, 7) is 0. The molecular weight excluding hydrogens is 158 g/mol. The van der Waals surface area contributed by atoms with Gasteiger partial charge in [0.25, 0.3) is 0 Å². The van der Waals surface area contributed by atoms with Gasteiger partial charge in [-0.25, -0.2) is 0 Å². The molecule has 1 heteroatoms. The van der Waals surface area contributed by atoms with Crippen molar-refractivity contribution in [2.45, 2.75) is 0 Å². The molecule has 0 fully saturated rings. The summed E-state index contributed by atoms with van der Waals surface area (Å²) < 4.78 is 0. The Hall–Kier alpha value is -1.76. The summed E-state index contributed by atoms with van der Waals surface area (Å²) in [4.78, 5) is 3.21. The van der Waals surface area contributed by atoms with Crippen LogP contribution in [0.15, 0.2) is 48.7 Å². The maximum Gasteiger partial charge on any atom is 0.0460 e. The van der Waals surface area contributed by atoms with E-state index in [1.165, 1.54) is 21.7 Å².